The summed E-state index contributed by atoms with van der Waals surface area (Å²) >= 11 is 3.35. The van der Waals surface area contributed by atoms with Gasteiger partial charge in [0, 0.05) is 6.42 Å². The molecule has 110 valence electrons. The van der Waals surface area contributed by atoms with Crippen LogP contribution < -0.4 is 4.74 Å². The van der Waals surface area contributed by atoms with Gasteiger partial charge in [-0.2, -0.15) is 5.10 Å². The molecular formula is C13H9BrF3N3O. The van der Waals surface area contributed by atoms with Crippen LogP contribution in [0.15, 0.2) is 22.8 Å². The molecule has 0 aromatic carbocycles. The van der Waals surface area contributed by atoms with Crippen molar-refractivity contribution in [3.63, 3.8) is 0 Å². The maximum absolute atomic E-state index is 13.5. The summed E-state index contributed by atoms with van der Waals surface area (Å²) in [5.74, 6) is -2.74. The Morgan fingerprint density at radius 1 is 1.33 bits per heavy atom. The summed E-state index contributed by atoms with van der Waals surface area (Å²) in [6.07, 6.45) is 0.901. The smallest absolute Gasteiger partial charge is 0.259 e. The molecule has 1 unspecified atom stereocenters. The first-order valence-electron chi connectivity index (χ1n) is 6.31. The lowest BCUT2D eigenvalue weighted by atomic mass is 10.1. The molecule has 1 atom stereocenters. The fraction of sp³-hybridized carbons (Fsp3) is 0.385. The van der Waals surface area contributed by atoms with Crippen molar-refractivity contribution < 1.29 is 17.9 Å². The molecule has 8 heteroatoms. The number of ether oxygens (including phenoxy) is 1. The molecule has 2 aromatic heterocycles. The number of aromatic nitrogens is 3. The number of halogens is 4. The molecule has 21 heavy (non-hydrogen) atoms. The Labute approximate surface area is 126 Å². The van der Waals surface area contributed by atoms with E-state index in [0.717, 1.165) is 6.20 Å². The summed E-state index contributed by atoms with van der Waals surface area (Å²) < 4.78 is 47.3. The first kappa shape index (κ1) is 13.1. The van der Waals surface area contributed by atoms with Gasteiger partial charge in [-0.25, -0.2) is 17.9 Å². The van der Waals surface area contributed by atoms with Crippen LogP contribution in [0.2, 0.25) is 0 Å². The Morgan fingerprint density at radius 3 is 2.71 bits per heavy atom. The average Bonchev–Trinajstić information content (AvgIpc) is 2.80. The molecule has 1 aliphatic carbocycles. The number of hydrogen-bond acceptors (Lipinski definition) is 3. The number of hydrogen-bond donors (Lipinski definition) is 0. The van der Waals surface area contributed by atoms with Crippen LogP contribution in [0.5, 0.6) is 5.88 Å². The minimum absolute atomic E-state index is 0.0272. The highest BCUT2D eigenvalue weighted by atomic mass is 79.9. The van der Waals surface area contributed by atoms with Crippen molar-refractivity contribution in [1.82, 2.24) is 14.8 Å². The van der Waals surface area contributed by atoms with Crippen molar-refractivity contribution >= 4 is 15.9 Å². The van der Waals surface area contributed by atoms with Crippen LogP contribution in [0.3, 0.4) is 0 Å². The number of fused-ring (bicyclic) bond motifs is 1. The van der Waals surface area contributed by atoms with Gasteiger partial charge >= 0.3 is 0 Å². The summed E-state index contributed by atoms with van der Waals surface area (Å²) in [4.78, 5) is 3.95. The lowest BCUT2D eigenvalue weighted by molar-refractivity contribution is 0.0149. The summed E-state index contributed by atoms with van der Waals surface area (Å²) in [6, 6.07) is 2.75. The van der Waals surface area contributed by atoms with E-state index in [9.17, 15) is 13.2 Å². The second-order valence-corrected chi connectivity index (χ2v) is 6.23. The van der Waals surface area contributed by atoms with Gasteiger partial charge < -0.3 is 4.74 Å². The minimum Gasteiger partial charge on any atom is -0.476 e. The van der Waals surface area contributed by atoms with Gasteiger partial charge in [-0.15, -0.1) is 0 Å². The van der Waals surface area contributed by atoms with Gasteiger partial charge in [-0.1, -0.05) is 0 Å². The van der Waals surface area contributed by atoms with Crippen molar-refractivity contribution in [3.8, 4) is 17.3 Å². The molecule has 4 rings (SSSR count). The lowest BCUT2D eigenvalue weighted by Crippen LogP contribution is -2.31. The van der Waals surface area contributed by atoms with Crippen LogP contribution in [-0.4, -0.2) is 27.3 Å². The SMILES string of the molecule is Fc1ccc(-c2nn3c(c2Br)OCC2(C3)CC2(F)F)nc1. The highest BCUT2D eigenvalue weighted by Gasteiger charge is 2.73. The second kappa shape index (κ2) is 4.00. The number of pyridine rings is 1. The average molecular weight is 360 g/mol. The summed E-state index contributed by atoms with van der Waals surface area (Å²) in [6.45, 7) is 0.0791. The molecule has 1 saturated carbocycles. The number of alkyl halides is 2. The maximum Gasteiger partial charge on any atom is 0.259 e. The largest absolute Gasteiger partial charge is 0.476 e. The predicted molar refractivity (Wildman–Crippen MR) is 70.6 cm³/mol. The zero-order chi connectivity index (χ0) is 14.8. The molecule has 3 heterocycles. The van der Waals surface area contributed by atoms with E-state index in [0.29, 0.717) is 21.7 Å². The molecule has 2 aromatic rings. The van der Waals surface area contributed by atoms with Gasteiger partial charge in [0.2, 0.25) is 5.88 Å². The van der Waals surface area contributed by atoms with E-state index < -0.39 is 17.2 Å². The highest BCUT2D eigenvalue weighted by Crippen LogP contribution is 2.63. The van der Waals surface area contributed by atoms with Gasteiger partial charge in [-0.3, -0.25) is 4.98 Å². The normalized spacial score (nSPS) is 25.5. The van der Waals surface area contributed by atoms with E-state index >= 15 is 0 Å². The first-order chi connectivity index (χ1) is 9.92. The monoisotopic (exact) mass is 359 g/mol. The van der Waals surface area contributed by atoms with E-state index in [-0.39, 0.29) is 19.6 Å². The Kier molecular flexibility index (Phi) is 2.50. The standard InChI is InChI=1S/C13H9BrF3N3O/c14-9-10(8-2-1-7(15)3-18-8)19-20-5-12(4-13(12,16)17)6-21-11(9)20/h1-3H,4-6H2. The zero-order valence-electron chi connectivity index (χ0n) is 10.6. The van der Waals surface area contributed by atoms with Crippen molar-refractivity contribution in [2.75, 3.05) is 6.61 Å². The van der Waals surface area contributed by atoms with Crippen molar-refractivity contribution in [1.29, 1.82) is 0 Å². The third-order valence-electron chi connectivity index (χ3n) is 3.97. The zero-order valence-corrected chi connectivity index (χ0v) is 12.2. The fourth-order valence-electron chi connectivity index (χ4n) is 2.60. The predicted octanol–water partition coefficient (Wildman–Crippen LogP) is 3.26. The number of nitrogens with zero attached hydrogens (tertiary/aromatic N) is 3. The number of rotatable bonds is 1. The van der Waals surface area contributed by atoms with Crippen LogP contribution in [0, 0.1) is 11.2 Å². The molecule has 1 fully saturated rings. The Hall–Kier alpha value is -1.57. The molecule has 2 aliphatic rings. The van der Waals surface area contributed by atoms with Gasteiger partial charge in [0.05, 0.1) is 23.9 Å². The van der Waals surface area contributed by atoms with E-state index in [1.807, 2.05) is 0 Å². The summed E-state index contributed by atoms with van der Waals surface area (Å²) in [5, 5.41) is 4.28. The Bertz CT molecular complexity index is 731. The highest BCUT2D eigenvalue weighted by molar-refractivity contribution is 9.10. The molecular weight excluding hydrogens is 351 g/mol. The maximum atomic E-state index is 13.5. The quantitative estimate of drug-likeness (QED) is 0.784. The lowest BCUT2D eigenvalue weighted by Gasteiger charge is -2.24. The van der Waals surface area contributed by atoms with E-state index in [4.69, 9.17) is 4.74 Å². The summed E-state index contributed by atoms with van der Waals surface area (Å²) in [5.41, 5.74) is -0.240. The molecule has 1 spiro atoms. The van der Waals surface area contributed by atoms with Gasteiger partial charge in [0.15, 0.2) is 0 Å². The molecule has 0 radical (unpaired) electrons. The van der Waals surface area contributed by atoms with Gasteiger partial charge in [0.1, 0.15) is 22.6 Å². The first-order valence-corrected chi connectivity index (χ1v) is 7.10. The molecule has 1 aliphatic heterocycles. The minimum atomic E-state index is -2.70. The third-order valence-corrected chi connectivity index (χ3v) is 4.68. The summed E-state index contributed by atoms with van der Waals surface area (Å²) in [7, 11) is 0. The molecule has 0 N–H and O–H groups in total. The van der Waals surface area contributed by atoms with Crippen LogP contribution in [-0.2, 0) is 6.54 Å². The van der Waals surface area contributed by atoms with Crippen molar-refractivity contribution in [3.05, 3.63) is 28.6 Å². The third kappa shape index (κ3) is 1.81. The second-order valence-electron chi connectivity index (χ2n) is 5.44. The van der Waals surface area contributed by atoms with Crippen LogP contribution in [0.25, 0.3) is 11.4 Å². The van der Waals surface area contributed by atoms with Crippen molar-refractivity contribution in [2.45, 2.75) is 18.9 Å². The van der Waals surface area contributed by atoms with Gasteiger partial charge in [0.25, 0.3) is 5.92 Å². The van der Waals surface area contributed by atoms with Crippen LogP contribution in [0.1, 0.15) is 6.42 Å². The topological polar surface area (TPSA) is 39.9 Å². The molecule has 4 nitrogen and oxygen atoms in total. The molecule has 0 bridgehead atoms. The van der Waals surface area contributed by atoms with E-state index in [1.54, 1.807) is 0 Å². The van der Waals surface area contributed by atoms with Gasteiger partial charge in [-0.05, 0) is 28.1 Å². The molecule has 0 saturated heterocycles. The fourth-order valence-corrected chi connectivity index (χ4v) is 3.20. The Morgan fingerprint density at radius 2 is 2.10 bits per heavy atom. The van der Waals surface area contributed by atoms with Crippen LogP contribution in [0.4, 0.5) is 13.2 Å². The van der Waals surface area contributed by atoms with E-state index in [1.165, 1.54) is 16.8 Å². The Balaban J connectivity index is 1.74. The van der Waals surface area contributed by atoms with Crippen LogP contribution >= 0.6 is 15.9 Å². The van der Waals surface area contributed by atoms with E-state index in [2.05, 4.69) is 26.0 Å². The van der Waals surface area contributed by atoms with Crippen molar-refractivity contribution in [2.24, 2.45) is 5.41 Å². The molecule has 0 amide bonds.